The normalized spacial score (nSPS) is 21.8. The molecule has 1 atom stereocenters. The van der Waals surface area contributed by atoms with Gasteiger partial charge in [-0.2, -0.15) is 0 Å². The summed E-state index contributed by atoms with van der Waals surface area (Å²) in [6.45, 7) is 4.39. The van der Waals surface area contributed by atoms with Crippen LogP contribution in [0.5, 0.6) is 0 Å². The van der Waals surface area contributed by atoms with Gasteiger partial charge in [-0.1, -0.05) is 11.6 Å². The molecule has 1 amide bonds. The predicted octanol–water partition coefficient (Wildman–Crippen LogP) is 0.929. The summed E-state index contributed by atoms with van der Waals surface area (Å²) in [6, 6.07) is 2.97. The number of hydrogen-bond acceptors (Lipinski definition) is 5. The molecule has 0 aliphatic carbocycles. The molecular formula is C13H18ClN3O3. The highest BCUT2D eigenvalue weighted by molar-refractivity contribution is 6.29. The maximum Gasteiger partial charge on any atom is 0.254 e. The summed E-state index contributed by atoms with van der Waals surface area (Å²) in [5, 5.41) is 9.45. The van der Waals surface area contributed by atoms with Gasteiger partial charge < -0.3 is 20.5 Å². The fourth-order valence-corrected chi connectivity index (χ4v) is 2.58. The van der Waals surface area contributed by atoms with E-state index in [0.29, 0.717) is 18.7 Å². The van der Waals surface area contributed by atoms with E-state index in [4.69, 9.17) is 22.1 Å². The maximum atomic E-state index is 12.5. The van der Waals surface area contributed by atoms with Crippen LogP contribution < -0.4 is 5.73 Å². The fraction of sp³-hybridized carbons (Fsp3) is 0.538. The molecule has 3 N–H and O–H groups in total. The van der Waals surface area contributed by atoms with Crippen molar-refractivity contribution in [3.05, 3.63) is 22.8 Å². The van der Waals surface area contributed by atoms with E-state index in [1.807, 2.05) is 13.8 Å². The van der Waals surface area contributed by atoms with Gasteiger partial charge in [0.15, 0.2) is 0 Å². The van der Waals surface area contributed by atoms with Crippen molar-refractivity contribution in [2.75, 3.05) is 25.4 Å². The Hall–Kier alpha value is -1.37. The Bertz CT molecular complexity index is 501. The van der Waals surface area contributed by atoms with E-state index in [1.165, 1.54) is 12.1 Å². The Morgan fingerprint density at radius 2 is 2.35 bits per heavy atom. The Labute approximate surface area is 122 Å². The van der Waals surface area contributed by atoms with Gasteiger partial charge in [0.1, 0.15) is 11.0 Å². The number of halogens is 1. The molecule has 1 aromatic heterocycles. The van der Waals surface area contributed by atoms with Gasteiger partial charge in [0.2, 0.25) is 0 Å². The van der Waals surface area contributed by atoms with Crippen LogP contribution in [0, 0.1) is 0 Å². The standard InChI is InChI=1S/C13H18ClN3O3/c1-13(2)7-17(5-9(6-18)20-13)12(19)8-3-10(14)16-11(15)4-8/h3-4,9,18H,5-7H2,1-2H3,(H2,15,16). The second kappa shape index (κ2) is 5.55. The van der Waals surface area contributed by atoms with Gasteiger partial charge in [0.05, 0.1) is 18.3 Å². The summed E-state index contributed by atoms with van der Waals surface area (Å²) in [7, 11) is 0. The van der Waals surface area contributed by atoms with Crippen molar-refractivity contribution >= 4 is 23.3 Å². The Morgan fingerprint density at radius 1 is 1.65 bits per heavy atom. The number of anilines is 1. The lowest BCUT2D eigenvalue weighted by Gasteiger charge is -2.42. The Morgan fingerprint density at radius 3 is 2.95 bits per heavy atom. The molecule has 7 heteroatoms. The molecule has 2 heterocycles. The lowest BCUT2D eigenvalue weighted by atomic mass is 10.0. The van der Waals surface area contributed by atoms with Crippen LogP contribution in [0.2, 0.25) is 5.15 Å². The number of nitrogens with zero attached hydrogens (tertiary/aromatic N) is 2. The number of aromatic nitrogens is 1. The van der Waals surface area contributed by atoms with E-state index >= 15 is 0 Å². The van der Waals surface area contributed by atoms with Crippen LogP contribution in [0.3, 0.4) is 0 Å². The highest BCUT2D eigenvalue weighted by atomic mass is 35.5. The monoisotopic (exact) mass is 299 g/mol. The summed E-state index contributed by atoms with van der Waals surface area (Å²) in [6.07, 6.45) is -0.391. The molecule has 110 valence electrons. The van der Waals surface area contributed by atoms with Crippen molar-refractivity contribution in [1.29, 1.82) is 0 Å². The van der Waals surface area contributed by atoms with E-state index in [2.05, 4.69) is 4.98 Å². The fourth-order valence-electron chi connectivity index (χ4n) is 2.37. The number of nitrogen functional groups attached to an aromatic ring is 1. The minimum atomic E-state index is -0.510. The van der Waals surface area contributed by atoms with Crippen molar-refractivity contribution in [1.82, 2.24) is 9.88 Å². The molecule has 1 aliphatic rings. The number of rotatable bonds is 2. The van der Waals surface area contributed by atoms with Gasteiger partial charge in [-0.3, -0.25) is 4.79 Å². The molecule has 0 aromatic carbocycles. The molecule has 20 heavy (non-hydrogen) atoms. The van der Waals surface area contributed by atoms with Gasteiger partial charge >= 0.3 is 0 Å². The largest absolute Gasteiger partial charge is 0.394 e. The zero-order chi connectivity index (χ0) is 14.9. The number of amides is 1. The molecular weight excluding hydrogens is 282 g/mol. The number of aliphatic hydroxyl groups is 1. The first-order chi connectivity index (χ1) is 9.30. The second-order valence-corrected chi connectivity index (χ2v) is 5.86. The van der Waals surface area contributed by atoms with Crippen LogP contribution in [0.1, 0.15) is 24.2 Å². The molecule has 0 bridgehead atoms. The molecule has 0 radical (unpaired) electrons. The van der Waals surface area contributed by atoms with E-state index in [0.717, 1.165) is 0 Å². The lowest BCUT2D eigenvalue weighted by molar-refractivity contribution is -0.139. The lowest BCUT2D eigenvalue weighted by Crippen LogP contribution is -2.55. The number of carbonyl (C=O) groups is 1. The molecule has 1 unspecified atom stereocenters. The van der Waals surface area contributed by atoms with Crippen LogP contribution in [0.15, 0.2) is 12.1 Å². The van der Waals surface area contributed by atoms with Crippen LogP contribution in [-0.4, -0.2) is 52.3 Å². The van der Waals surface area contributed by atoms with E-state index in [9.17, 15) is 9.90 Å². The zero-order valence-corrected chi connectivity index (χ0v) is 12.2. The molecule has 0 saturated carbocycles. The predicted molar refractivity (Wildman–Crippen MR) is 75.6 cm³/mol. The minimum Gasteiger partial charge on any atom is -0.394 e. The van der Waals surface area contributed by atoms with Crippen molar-refractivity contribution in [3.8, 4) is 0 Å². The van der Waals surface area contributed by atoms with Crippen LogP contribution in [-0.2, 0) is 4.74 Å². The number of aliphatic hydroxyl groups excluding tert-OH is 1. The van der Waals surface area contributed by atoms with Crippen LogP contribution >= 0.6 is 11.6 Å². The van der Waals surface area contributed by atoms with Crippen molar-refractivity contribution in [2.24, 2.45) is 0 Å². The quantitative estimate of drug-likeness (QED) is 0.793. The summed E-state index contributed by atoms with van der Waals surface area (Å²) in [4.78, 5) is 18.0. The van der Waals surface area contributed by atoms with E-state index < -0.39 is 11.7 Å². The van der Waals surface area contributed by atoms with Crippen LogP contribution in [0.25, 0.3) is 0 Å². The van der Waals surface area contributed by atoms with E-state index in [-0.39, 0.29) is 23.5 Å². The average Bonchev–Trinajstić information content (AvgIpc) is 2.34. The maximum absolute atomic E-state index is 12.5. The van der Waals surface area contributed by atoms with Crippen molar-refractivity contribution in [2.45, 2.75) is 25.6 Å². The summed E-state index contributed by atoms with van der Waals surface area (Å²) in [5.41, 5.74) is 5.48. The third-order valence-corrected chi connectivity index (χ3v) is 3.23. The summed E-state index contributed by atoms with van der Waals surface area (Å²) < 4.78 is 5.68. The number of pyridine rings is 1. The second-order valence-electron chi connectivity index (χ2n) is 5.47. The number of ether oxygens (including phenoxy) is 1. The Kier molecular flexibility index (Phi) is 4.17. The topological polar surface area (TPSA) is 88.7 Å². The van der Waals surface area contributed by atoms with Gasteiger partial charge in [-0.25, -0.2) is 4.98 Å². The molecule has 6 nitrogen and oxygen atoms in total. The summed E-state index contributed by atoms with van der Waals surface area (Å²) in [5.74, 6) is 0.00269. The van der Waals surface area contributed by atoms with Gasteiger partial charge in [0.25, 0.3) is 5.91 Å². The molecule has 2 rings (SSSR count). The number of carbonyl (C=O) groups excluding carboxylic acids is 1. The Balaban J connectivity index is 2.23. The first-order valence-electron chi connectivity index (χ1n) is 6.32. The first-order valence-corrected chi connectivity index (χ1v) is 6.69. The van der Waals surface area contributed by atoms with Gasteiger partial charge in [-0.15, -0.1) is 0 Å². The first kappa shape index (κ1) is 15.0. The summed E-state index contributed by atoms with van der Waals surface area (Å²) >= 11 is 5.82. The minimum absolute atomic E-state index is 0.132. The van der Waals surface area contributed by atoms with Crippen LogP contribution in [0.4, 0.5) is 5.82 Å². The van der Waals surface area contributed by atoms with Crippen molar-refractivity contribution in [3.63, 3.8) is 0 Å². The number of morpholine rings is 1. The molecule has 1 saturated heterocycles. The third-order valence-electron chi connectivity index (χ3n) is 3.03. The number of hydrogen-bond donors (Lipinski definition) is 2. The smallest absolute Gasteiger partial charge is 0.254 e. The van der Waals surface area contributed by atoms with Gasteiger partial charge in [0, 0.05) is 18.7 Å². The molecule has 1 fully saturated rings. The van der Waals surface area contributed by atoms with Gasteiger partial charge in [-0.05, 0) is 26.0 Å². The van der Waals surface area contributed by atoms with Crippen molar-refractivity contribution < 1.29 is 14.6 Å². The molecule has 1 aliphatic heterocycles. The highest BCUT2D eigenvalue weighted by Gasteiger charge is 2.35. The van der Waals surface area contributed by atoms with E-state index in [1.54, 1.807) is 4.90 Å². The molecule has 0 spiro atoms. The third kappa shape index (κ3) is 3.39. The number of nitrogens with two attached hydrogens (primary N) is 1. The zero-order valence-electron chi connectivity index (χ0n) is 11.5. The molecule has 1 aromatic rings. The average molecular weight is 300 g/mol. The SMILES string of the molecule is CC1(C)CN(C(=O)c2cc(N)nc(Cl)c2)CC(CO)O1. The highest BCUT2D eigenvalue weighted by Crippen LogP contribution is 2.23.